The highest BCUT2D eigenvalue weighted by Crippen LogP contribution is 2.35. The van der Waals surface area contributed by atoms with E-state index in [1.54, 1.807) is 42.7 Å². The molecule has 0 heterocycles. The maximum atomic E-state index is 5.47. The third kappa shape index (κ3) is 7.69. The van der Waals surface area contributed by atoms with Gasteiger partial charge < -0.3 is 28.4 Å². The quantitative estimate of drug-likeness (QED) is 0.122. The van der Waals surface area contributed by atoms with Gasteiger partial charge in [0.1, 0.15) is 46.3 Å². The van der Waals surface area contributed by atoms with Gasteiger partial charge in [-0.2, -0.15) is 0 Å². The summed E-state index contributed by atoms with van der Waals surface area (Å²) in [6.45, 7) is 0. The highest BCUT2D eigenvalue weighted by molar-refractivity contribution is 6.55. The van der Waals surface area contributed by atoms with Crippen molar-refractivity contribution in [2.24, 2.45) is 0 Å². The van der Waals surface area contributed by atoms with Crippen LogP contribution in [0.3, 0.4) is 0 Å². The lowest BCUT2D eigenvalue weighted by atomic mass is 9.84. The zero-order valence-corrected chi connectivity index (χ0v) is 30.0. The molecule has 0 N–H and O–H groups in total. The van der Waals surface area contributed by atoms with E-state index in [4.69, 9.17) is 28.4 Å². The summed E-state index contributed by atoms with van der Waals surface area (Å²) in [6.07, 6.45) is 0. The lowest BCUT2D eigenvalue weighted by Gasteiger charge is -2.33. The average molecular weight is 587 g/mol. The minimum absolute atomic E-state index is 0.110. The lowest BCUT2D eigenvalue weighted by molar-refractivity contribution is -0.0430. The monoisotopic (exact) mass is 586 g/mol. The summed E-state index contributed by atoms with van der Waals surface area (Å²) in [5, 5.41) is 3.78. The second-order valence-corrected chi connectivity index (χ2v) is 16.7. The van der Waals surface area contributed by atoms with Crippen LogP contribution in [-0.2, 0) is 33.5 Å². The summed E-state index contributed by atoms with van der Waals surface area (Å²) in [7, 11) is 9.07. The largest absolute Gasteiger partial charge is 0.360 e. The molecule has 3 aromatic rings. The van der Waals surface area contributed by atoms with Crippen molar-refractivity contribution in [3.63, 3.8) is 0 Å². The number of methoxy groups -OCH3 is 6. The smallest absolute Gasteiger partial charge is 0.139 e. The molecule has 0 aliphatic rings. The first-order valence-electron chi connectivity index (χ1n) is 12.9. The molecule has 0 bridgehead atoms. The molecule has 0 amide bonds. The highest BCUT2D eigenvalue weighted by Gasteiger charge is 2.31. The van der Waals surface area contributed by atoms with Gasteiger partial charge in [-0.15, -0.1) is 0 Å². The van der Waals surface area contributed by atoms with Crippen LogP contribution in [0.15, 0.2) is 72.8 Å². The van der Waals surface area contributed by atoms with E-state index in [0.29, 0.717) is 0 Å². The summed E-state index contributed by atoms with van der Waals surface area (Å²) >= 11 is 0. The van der Waals surface area contributed by atoms with Crippen LogP contribution in [0, 0.1) is 0 Å². The lowest BCUT2D eigenvalue weighted by Crippen LogP contribution is -2.35. The zero-order valence-electron chi connectivity index (χ0n) is 23.7. The van der Waals surface area contributed by atoms with Crippen molar-refractivity contribution in [1.82, 2.24) is 0 Å². The number of hydrogen-bond acceptors (Lipinski definition) is 6. The van der Waals surface area contributed by atoms with Crippen molar-refractivity contribution in [1.29, 1.82) is 0 Å². The normalized spacial score (nSPS) is 14.4. The molecule has 0 saturated carbocycles. The fourth-order valence-corrected chi connectivity index (χ4v) is 9.47. The Kier molecular flexibility index (Phi) is 12.3. The molecular weight excluding hydrogens is 545 g/mol. The molecule has 0 radical (unpaired) electrons. The molecule has 0 saturated heterocycles. The maximum Gasteiger partial charge on any atom is 0.139 e. The molecule has 38 heavy (non-hydrogen) atoms. The summed E-state index contributed by atoms with van der Waals surface area (Å²) in [5.74, 6) is -0.330. The van der Waals surface area contributed by atoms with Gasteiger partial charge in [-0.25, -0.2) is 0 Å². The maximum absolute atomic E-state index is 5.47. The first-order chi connectivity index (χ1) is 18.4. The molecule has 0 aliphatic heterocycles. The Labute approximate surface area is 237 Å². The van der Waals surface area contributed by atoms with E-state index < -0.39 is 28.6 Å². The fraction of sp³-hybridized carbons (Fsp3) is 0.357. The van der Waals surface area contributed by atoms with Crippen molar-refractivity contribution >= 4 is 54.4 Å². The van der Waals surface area contributed by atoms with Gasteiger partial charge in [-0.3, -0.25) is 0 Å². The summed E-state index contributed by atoms with van der Waals surface area (Å²) < 4.78 is 32.8. The van der Waals surface area contributed by atoms with Gasteiger partial charge in [-0.05, 0) is 16.7 Å². The van der Waals surface area contributed by atoms with Gasteiger partial charge in [0.05, 0.1) is 0 Å². The third-order valence-corrected chi connectivity index (χ3v) is 14.9. The Bertz CT molecular complexity index is 944. The van der Waals surface area contributed by atoms with E-state index in [2.05, 4.69) is 72.8 Å². The third-order valence-electron chi connectivity index (χ3n) is 7.38. The number of hydrogen-bond donors (Lipinski definition) is 0. The van der Waals surface area contributed by atoms with Crippen LogP contribution in [0.25, 0.3) is 0 Å². The topological polar surface area (TPSA) is 55.4 Å². The Hall–Kier alpha value is -1.71. The Balaban J connectivity index is 1.99. The van der Waals surface area contributed by atoms with Crippen LogP contribution in [-0.4, -0.2) is 99.2 Å². The average Bonchev–Trinajstić information content (AvgIpc) is 2.97. The Morgan fingerprint density at radius 1 is 0.447 bits per heavy atom. The molecule has 0 aromatic heterocycles. The van der Waals surface area contributed by atoms with Gasteiger partial charge in [0.15, 0.2) is 0 Å². The molecular formula is C28H42O6Si4. The van der Waals surface area contributed by atoms with Crippen molar-refractivity contribution in [3.05, 3.63) is 89.5 Å². The SMILES string of the molecule is COC(OC)[SiH2]c1ccc(C([SiH3])(c2ccc([SiH2]C(OC)OC)cc2)c2ccc([SiH2]C(OC)OC)cc2)cc1. The molecule has 206 valence electrons. The molecule has 0 spiro atoms. The molecule has 3 aromatic carbocycles. The van der Waals surface area contributed by atoms with E-state index in [1.165, 1.54) is 32.3 Å². The second-order valence-electron chi connectivity index (χ2n) is 9.53. The molecule has 6 nitrogen and oxygen atoms in total. The minimum atomic E-state index is -0.697. The van der Waals surface area contributed by atoms with Crippen molar-refractivity contribution in [2.75, 3.05) is 42.7 Å². The zero-order chi connectivity index (χ0) is 27.5. The van der Waals surface area contributed by atoms with Gasteiger partial charge in [-0.1, -0.05) is 88.4 Å². The van der Waals surface area contributed by atoms with Crippen LogP contribution in [0.1, 0.15) is 16.7 Å². The van der Waals surface area contributed by atoms with Crippen LogP contribution < -0.4 is 15.6 Å². The van der Waals surface area contributed by atoms with Crippen LogP contribution in [0.2, 0.25) is 0 Å². The first-order valence-corrected chi connectivity index (χ1v) is 18.4. The molecule has 0 aliphatic carbocycles. The second kappa shape index (κ2) is 15.2. The summed E-state index contributed by atoms with van der Waals surface area (Å²) in [5.41, 5.74) is 3.92. The van der Waals surface area contributed by atoms with Crippen LogP contribution in [0.4, 0.5) is 0 Å². The molecule has 0 unspecified atom stereocenters. The molecule has 0 fully saturated rings. The molecule has 3 rings (SSSR count). The van der Waals surface area contributed by atoms with Crippen molar-refractivity contribution in [3.8, 4) is 0 Å². The first kappa shape index (κ1) is 30.8. The Morgan fingerprint density at radius 2 is 0.658 bits per heavy atom. The predicted octanol–water partition coefficient (Wildman–Crippen LogP) is -1.54. The van der Waals surface area contributed by atoms with Gasteiger partial charge in [0.25, 0.3) is 0 Å². The van der Waals surface area contributed by atoms with Crippen molar-refractivity contribution in [2.45, 2.75) is 22.8 Å². The highest BCUT2D eigenvalue weighted by atomic mass is 28.2. The van der Waals surface area contributed by atoms with Gasteiger partial charge >= 0.3 is 0 Å². The molecule has 0 atom stereocenters. The van der Waals surface area contributed by atoms with E-state index in [1.807, 2.05) is 0 Å². The van der Waals surface area contributed by atoms with Crippen LogP contribution in [0.5, 0.6) is 0 Å². The van der Waals surface area contributed by atoms with E-state index >= 15 is 0 Å². The summed E-state index contributed by atoms with van der Waals surface area (Å²) in [6, 6.07) is 27.3. The Morgan fingerprint density at radius 3 is 0.842 bits per heavy atom. The minimum Gasteiger partial charge on any atom is -0.360 e. The van der Waals surface area contributed by atoms with E-state index in [9.17, 15) is 0 Å². The molecule has 10 heteroatoms. The standard InChI is InChI=1S/C28H42O6Si4/c1-29-25(30-2)36-22-13-7-19(8-14-22)28(35,20-9-15-23(16-10-20)37-26(31-3)32-4)21-11-17-24(18-12-21)38-27(33-5)34-6/h7-18,25-27H,36-38H2,1-6,35H3. The van der Waals surface area contributed by atoms with Crippen LogP contribution >= 0.6 is 0 Å². The van der Waals surface area contributed by atoms with E-state index in [0.717, 1.165) is 10.2 Å². The van der Waals surface area contributed by atoms with Crippen molar-refractivity contribution < 1.29 is 28.4 Å². The van der Waals surface area contributed by atoms with E-state index in [-0.39, 0.29) is 22.8 Å². The number of ether oxygens (including phenoxy) is 6. The van der Waals surface area contributed by atoms with Gasteiger partial charge in [0, 0.05) is 57.9 Å². The number of rotatable bonds is 15. The summed E-state index contributed by atoms with van der Waals surface area (Å²) in [4.78, 5) is 0. The number of benzene rings is 3. The van der Waals surface area contributed by atoms with Gasteiger partial charge in [0.2, 0.25) is 0 Å². The predicted molar refractivity (Wildman–Crippen MR) is 167 cm³/mol. The fourth-order valence-electron chi connectivity index (χ4n) is 4.79.